The fraction of sp³-hybridized carbons (Fsp3) is 0.421. The first-order valence-corrected chi connectivity index (χ1v) is 8.40. The summed E-state index contributed by atoms with van der Waals surface area (Å²) in [5.74, 6) is 0.157. The van der Waals surface area contributed by atoms with Crippen molar-refractivity contribution in [2.75, 3.05) is 18.1 Å². The normalized spacial score (nSPS) is 17.6. The molecule has 2 aromatic rings. The van der Waals surface area contributed by atoms with Gasteiger partial charge in [0.15, 0.2) is 5.76 Å². The lowest BCUT2D eigenvalue weighted by atomic mass is 10.1. The van der Waals surface area contributed by atoms with E-state index in [1.165, 1.54) is 11.3 Å². The van der Waals surface area contributed by atoms with E-state index < -0.39 is 0 Å². The third kappa shape index (κ3) is 3.31. The number of hydrogen-bond acceptors (Lipinski definition) is 4. The van der Waals surface area contributed by atoms with Gasteiger partial charge in [0, 0.05) is 37.0 Å². The summed E-state index contributed by atoms with van der Waals surface area (Å²) in [6.45, 7) is 5.20. The molecule has 24 heavy (non-hydrogen) atoms. The van der Waals surface area contributed by atoms with Gasteiger partial charge < -0.3 is 19.7 Å². The number of amides is 1. The summed E-state index contributed by atoms with van der Waals surface area (Å²) in [6, 6.07) is 10.6. The summed E-state index contributed by atoms with van der Waals surface area (Å²) < 4.78 is 5.42. The zero-order valence-corrected chi connectivity index (χ0v) is 14.2. The lowest BCUT2D eigenvalue weighted by Crippen LogP contribution is -2.32. The molecule has 0 bridgehead atoms. The molecule has 2 unspecified atom stereocenters. The minimum atomic E-state index is -0.226. The predicted molar refractivity (Wildman–Crippen MR) is 93.1 cm³/mol. The molecule has 1 aliphatic rings. The number of para-hydroxylation sites is 1. The number of carbonyl (C=O) groups excluding carboxylic acids is 1. The molecular formula is C19H24N2O3. The quantitative estimate of drug-likeness (QED) is 0.855. The molecule has 0 fully saturated rings. The molecule has 2 atom stereocenters. The highest BCUT2D eigenvalue weighted by atomic mass is 16.3. The number of carbonyl (C=O) groups is 1. The van der Waals surface area contributed by atoms with Crippen LogP contribution in [-0.4, -0.2) is 30.2 Å². The van der Waals surface area contributed by atoms with Gasteiger partial charge in [0.1, 0.15) is 0 Å². The fourth-order valence-corrected chi connectivity index (χ4v) is 3.13. The van der Waals surface area contributed by atoms with Crippen molar-refractivity contribution in [3.8, 4) is 0 Å². The zero-order valence-electron chi connectivity index (χ0n) is 14.2. The van der Waals surface area contributed by atoms with Crippen LogP contribution in [-0.2, 0) is 13.0 Å². The van der Waals surface area contributed by atoms with Gasteiger partial charge in [-0.05, 0) is 37.0 Å². The second-order valence-electron chi connectivity index (χ2n) is 6.58. The standard InChI is InChI=1S/C19H24N2O3/c1-13(12-22)10-20-19(23)18-16(7-8-24-18)11-21-14(2)9-15-5-3-4-6-17(15)21/h3-8,13-14,22H,9-12H2,1-2H3,(H,20,23). The number of furan rings is 1. The minimum Gasteiger partial charge on any atom is -0.459 e. The van der Waals surface area contributed by atoms with Crippen LogP contribution in [0.25, 0.3) is 0 Å². The molecule has 5 nitrogen and oxygen atoms in total. The maximum absolute atomic E-state index is 12.3. The van der Waals surface area contributed by atoms with Crippen molar-refractivity contribution >= 4 is 11.6 Å². The third-order valence-corrected chi connectivity index (χ3v) is 4.56. The molecule has 1 aromatic carbocycles. The molecule has 2 heterocycles. The number of nitrogens with zero attached hydrogens (tertiary/aromatic N) is 1. The van der Waals surface area contributed by atoms with Crippen molar-refractivity contribution in [1.82, 2.24) is 5.32 Å². The molecule has 0 saturated carbocycles. The second-order valence-corrected chi connectivity index (χ2v) is 6.58. The average molecular weight is 328 g/mol. The number of anilines is 1. The molecule has 1 aliphatic heterocycles. The summed E-state index contributed by atoms with van der Waals surface area (Å²) in [5, 5.41) is 11.9. The van der Waals surface area contributed by atoms with Gasteiger partial charge in [-0.25, -0.2) is 0 Å². The molecule has 0 radical (unpaired) electrons. The van der Waals surface area contributed by atoms with Crippen LogP contribution in [0.1, 0.15) is 35.5 Å². The summed E-state index contributed by atoms with van der Waals surface area (Å²) in [6.07, 6.45) is 2.58. The number of aliphatic hydroxyl groups excluding tert-OH is 1. The number of rotatable bonds is 6. The van der Waals surface area contributed by atoms with E-state index in [2.05, 4.69) is 35.3 Å². The molecule has 3 rings (SSSR count). The first-order valence-electron chi connectivity index (χ1n) is 8.40. The van der Waals surface area contributed by atoms with Gasteiger partial charge in [-0.1, -0.05) is 25.1 Å². The summed E-state index contributed by atoms with van der Waals surface area (Å²) in [7, 11) is 0. The van der Waals surface area contributed by atoms with Gasteiger partial charge in [-0.3, -0.25) is 4.79 Å². The van der Waals surface area contributed by atoms with E-state index in [-0.39, 0.29) is 18.4 Å². The molecule has 2 N–H and O–H groups in total. The van der Waals surface area contributed by atoms with Crippen molar-refractivity contribution in [2.45, 2.75) is 32.9 Å². The highest BCUT2D eigenvalue weighted by Gasteiger charge is 2.27. The molecule has 0 spiro atoms. The van der Waals surface area contributed by atoms with Gasteiger partial charge in [-0.2, -0.15) is 0 Å². The molecule has 0 aliphatic carbocycles. The number of aliphatic hydroxyl groups is 1. The fourth-order valence-electron chi connectivity index (χ4n) is 3.13. The van der Waals surface area contributed by atoms with Crippen LogP contribution in [0.15, 0.2) is 41.0 Å². The summed E-state index contributed by atoms with van der Waals surface area (Å²) in [5.41, 5.74) is 3.45. The van der Waals surface area contributed by atoms with Gasteiger partial charge in [0.2, 0.25) is 0 Å². The second kappa shape index (κ2) is 7.09. The maximum Gasteiger partial charge on any atom is 0.287 e. The molecular weight excluding hydrogens is 304 g/mol. The smallest absolute Gasteiger partial charge is 0.287 e. The number of hydrogen-bond donors (Lipinski definition) is 2. The molecule has 0 saturated heterocycles. The number of fused-ring (bicyclic) bond motifs is 1. The van der Waals surface area contributed by atoms with Crippen LogP contribution >= 0.6 is 0 Å². The van der Waals surface area contributed by atoms with Crippen molar-refractivity contribution in [2.24, 2.45) is 5.92 Å². The van der Waals surface area contributed by atoms with E-state index in [9.17, 15) is 4.79 Å². The van der Waals surface area contributed by atoms with E-state index in [1.54, 1.807) is 6.26 Å². The van der Waals surface area contributed by atoms with E-state index in [0.717, 1.165) is 12.0 Å². The van der Waals surface area contributed by atoms with E-state index in [4.69, 9.17) is 9.52 Å². The Bertz CT molecular complexity index is 710. The van der Waals surface area contributed by atoms with Crippen LogP contribution in [0.3, 0.4) is 0 Å². The van der Waals surface area contributed by atoms with Crippen LogP contribution in [0, 0.1) is 5.92 Å². The Morgan fingerprint density at radius 3 is 3.00 bits per heavy atom. The molecule has 128 valence electrons. The summed E-state index contributed by atoms with van der Waals surface area (Å²) >= 11 is 0. The Labute approximate surface area is 142 Å². The zero-order chi connectivity index (χ0) is 17.1. The van der Waals surface area contributed by atoms with Crippen LogP contribution < -0.4 is 10.2 Å². The molecule has 1 aromatic heterocycles. The average Bonchev–Trinajstić information content (AvgIpc) is 3.17. The number of nitrogens with one attached hydrogen (secondary N) is 1. The molecule has 5 heteroatoms. The Hall–Kier alpha value is -2.27. The third-order valence-electron chi connectivity index (χ3n) is 4.56. The first-order chi connectivity index (χ1) is 11.6. The van der Waals surface area contributed by atoms with E-state index in [0.29, 0.717) is 24.9 Å². The van der Waals surface area contributed by atoms with Crippen molar-refractivity contribution in [3.05, 3.63) is 53.5 Å². The highest BCUT2D eigenvalue weighted by Crippen LogP contribution is 2.33. The maximum atomic E-state index is 12.3. The Kier molecular flexibility index (Phi) is 4.90. The topological polar surface area (TPSA) is 65.7 Å². The van der Waals surface area contributed by atoms with Gasteiger partial charge >= 0.3 is 0 Å². The summed E-state index contributed by atoms with van der Waals surface area (Å²) in [4.78, 5) is 14.7. The lowest BCUT2D eigenvalue weighted by molar-refractivity contribution is 0.0913. The SMILES string of the molecule is CC(CO)CNC(=O)c1occc1CN1c2ccccc2CC1C. The number of benzene rings is 1. The highest BCUT2D eigenvalue weighted by molar-refractivity contribution is 5.93. The van der Waals surface area contributed by atoms with Crippen LogP contribution in [0.2, 0.25) is 0 Å². The Morgan fingerprint density at radius 1 is 1.42 bits per heavy atom. The van der Waals surface area contributed by atoms with Gasteiger partial charge in [-0.15, -0.1) is 0 Å². The van der Waals surface area contributed by atoms with Crippen molar-refractivity contribution in [3.63, 3.8) is 0 Å². The van der Waals surface area contributed by atoms with Crippen LogP contribution in [0.5, 0.6) is 0 Å². The van der Waals surface area contributed by atoms with Crippen LogP contribution in [0.4, 0.5) is 5.69 Å². The van der Waals surface area contributed by atoms with E-state index >= 15 is 0 Å². The van der Waals surface area contributed by atoms with E-state index in [1.807, 2.05) is 19.1 Å². The van der Waals surface area contributed by atoms with Crippen molar-refractivity contribution in [1.29, 1.82) is 0 Å². The van der Waals surface area contributed by atoms with Crippen molar-refractivity contribution < 1.29 is 14.3 Å². The van der Waals surface area contributed by atoms with Gasteiger partial charge in [0.25, 0.3) is 5.91 Å². The largest absolute Gasteiger partial charge is 0.459 e. The van der Waals surface area contributed by atoms with Gasteiger partial charge in [0.05, 0.1) is 6.26 Å². The predicted octanol–water partition coefficient (Wildman–Crippen LogP) is 2.59. The first kappa shape index (κ1) is 16.6. The monoisotopic (exact) mass is 328 g/mol. The molecule has 1 amide bonds. The Morgan fingerprint density at radius 2 is 2.21 bits per heavy atom. The minimum absolute atomic E-state index is 0.0258. The Balaban J connectivity index is 1.73. The lowest BCUT2D eigenvalue weighted by Gasteiger charge is -2.24.